The Bertz CT molecular complexity index is 85.7. The quantitative estimate of drug-likeness (QED) is 0.484. The van der Waals surface area contributed by atoms with Gasteiger partial charge in [-0.15, -0.1) is 0 Å². The Balaban J connectivity index is 3.07. The Morgan fingerprint density at radius 3 is 2.75 bits per heavy atom. The van der Waals surface area contributed by atoms with Gasteiger partial charge in [0.1, 0.15) is 0 Å². The van der Waals surface area contributed by atoms with E-state index in [2.05, 4.69) is 4.99 Å². The van der Waals surface area contributed by atoms with Crippen LogP contribution in [-0.2, 0) is 0 Å². The van der Waals surface area contributed by atoms with Crippen LogP contribution in [0, 0.1) is 0 Å². The van der Waals surface area contributed by atoms with Crippen molar-refractivity contribution in [2.75, 3.05) is 13.1 Å². The third kappa shape index (κ3) is 5.17. The van der Waals surface area contributed by atoms with Crippen molar-refractivity contribution in [3.63, 3.8) is 0 Å². The Labute approximate surface area is 49.1 Å². The maximum absolute atomic E-state index is 5.14. The Hall–Kier alpha value is -0.830. The third-order valence-corrected chi connectivity index (χ3v) is 0.561. The second-order valence-electron chi connectivity index (χ2n) is 1.23. The van der Waals surface area contributed by atoms with E-state index in [1.165, 1.54) is 6.20 Å². The Kier molecular flexibility index (Phi) is 5.53. The summed E-state index contributed by atoms with van der Waals surface area (Å²) in [5, 5.41) is 0. The highest BCUT2D eigenvalue weighted by atomic mass is 14.7. The van der Waals surface area contributed by atoms with E-state index in [1.807, 2.05) is 0 Å². The van der Waals surface area contributed by atoms with Crippen LogP contribution in [0.25, 0.3) is 0 Å². The first kappa shape index (κ1) is 7.17. The van der Waals surface area contributed by atoms with Gasteiger partial charge in [-0.05, 0) is 12.3 Å². The third-order valence-electron chi connectivity index (χ3n) is 0.561. The molecule has 46 valence electrons. The molecule has 0 rings (SSSR count). The van der Waals surface area contributed by atoms with E-state index in [0.29, 0.717) is 13.1 Å². The first-order valence-electron chi connectivity index (χ1n) is 2.48. The summed E-state index contributed by atoms with van der Waals surface area (Å²) in [5.74, 6) is 0. The van der Waals surface area contributed by atoms with Gasteiger partial charge in [0.15, 0.2) is 0 Å². The van der Waals surface area contributed by atoms with Crippen LogP contribution in [0.4, 0.5) is 0 Å². The topological polar surface area (TPSA) is 64.4 Å². The number of hydrogen-bond acceptors (Lipinski definition) is 3. The van der Waals surface area contributed by atoms with E-state index in [0.717, 1.165) is 0 Å². The lowest BCUT2D eigenvalue weighted by Gasteiger charge is -1.80. The summed E-state index contributed by atoms with van der Waals surface area (Å²) in [7, 11) is 0. The molecule has 0 bridgehead atoms. The zero-order valence-corrected chi connectivity index (χ0v) is 4.75. The van der Waals surface area contributed by atoms with Crippen molar-refractivity contribution in [3.05, 3.63) is 12.3 Å². The van der Waals surface area contributed by atoms with Gasteiger partial charge in [-0.2, -0.15) is 0 Å². The number of nitrogens with zero attached hydrogens (tertiary/aromatic N) is 1. The smallest absolute Gasteiger partial charge is 0.0512 e. The maximum atomic E-state index is 5.14. The van der Waals surface area contributed by atoms with Crippen LogP contribution in [0.1, 0.15) is 0 Å². The molecular weight excluding hydrogens is 102 g/mol. The predicted molar refractivity (Wildman–Crippen MR) is 35.7 cm³/mol. The van der Waals surface area contributed by atoms with Crippen molar-refractivity contribution in [1.29, 1.82) is 0 Å². The molecule has 3 heteroatoms. The fraction of sp³-hybridized carbons (Fsp3) is 0.400. The minimum atomic E-state index is 0.592. The van der Waals surface area contributed by atoms with E-state index >= 15 is 0 Å². The standard InChI is InChI=1S/C5H11N3/c6-2-1-4-8-5-3-7/h1-2,4H,3,5-7H2. The zero-order valence-electron chi connectivity index (χ0n) is 4.75. The molecule has 0 aliphatic rings. The minimum absolute atomic E-state index is 0.592. The van der Waals surface area contributed by atoms with E-state index < -0.39 is 0 Å². The number of aliphatic imine (C=N–C) groups is 1. The number of hydrogen-bond donors (Lipinski definition) is 2. The van der Waals surface area contributed by atoms with Crippen molar-refractivity contribution >= 4 is 6.21 Å². The average Bonchev–Trinajstić information content (AvgIpc) is 1.81. The molecule has 0 atom stereocenters. The molecule has 0 fully saturated rings. The van der Waals surface area contributed by atoms with Gasteiger partial charge < -0.3 is 11.5 Å². The average molecular weight is 113 g/mol. The van der Waals surface area contributed by atoms with Crippen LogP contribution in [0.15, 0.2) is 17.3 Å². The molecular formula is C5H11N3. The normalized spacial score (nSPS) is 11.6. The van der Waals surface area contributed by atoms with Crippen molar-refractivity contribution in [2.24, 2.45) is 16.5 Å². The van der Waals surface area contributed by atoms with E-state index in [9.17, 15) is 0 Å². The molecule has 0 aliphatic heterocycles. The molecule has 3 nitrogen and oxygen atoms in total. The van der Waals surface area contributed by atoms with Gasteiger partial charge in [0.05, 0.1) is 6.54 Å². The summed E-state index contributed by atoms with van der Waals surface area (Å²) < 4.78 is 0. The van der Waals surface area contributed by atoms with E-state index in [1.54, 1.807) is 12.3 Å². The Morgan fingerprint density at radius 2 is 2.25 bits per heavy atom. The van der Waals surface area contributed by atoms with Gasteiger partial charge in [0, 0.05) is 12.8 Å². The van der Waals surface area contributed by atoms with Gasteiger partial charge in [-0.3, -0.25) is 4.99 Å². The summed E-state index contributed by atoms with van der Waals surface area (Å²) in [5.41, 5.74) is 10.1. The predicted octanol–water partition coefficient (Wildman–Crippen LogP) is -0.512. The molecule has 0 aliphatic carbocycles. The lowest BCUT2D eigenvalue weighted by molar-refractivity contribution is 0.981. The van der Waals surface area contributed by atoms with Gasteiger partial charge >= 0.3 is 0 Å². The molecule has 0 aromatic rings. The lowest BCUT2D eigenvalue weighted by atomic mass is 10.6. The van der Waals surface area contributed by atoms with Gasteiger partial charge in [0.25, 0.3) is 0 Å². The molecule has 0 unspecified atom stereocenters. The highest BCUT2D eigenvalue weighted by Crippen LogP contribution is 1.62. The maximum Gasteiger partial charge on any atom is 0.0512 e. The molecule has 0 saturated heterocycles. The van der Waals surface area contributed by atoms with Crippen molar-refractivity contribution < 1.29 is 0 Å². The largest absolute Gasteiger partial charge is 0.405 e. The molecule has 0 amide bonds. The minimum Gasteiger partial charge on any atom is -0.405 e. The van der Waals surface area contributed by atoms with Crippen molar-refractivity contribution in [2.45, 2.75) is 0 Å². The second-order valence-corrected chi connectivity index (χ2v) is 1.23. The highest BCUT2D eigenvalue weighted by Gasteiger charge is 1.66. The van der Waals surface area contributed by atoms with Gasteiger partial charge in [-0.1, -0.05) is 0 Å². The van der Waals surface area contributed by atoms with Gasteiger partial charge in [0.2, 0.25) is 0 Å². The van der Waals surface area contributed by atoms with Crippen LogP contribution >= 0.6 is 0 Å². The Morgan fingerprint density at radius 1 is 1.50 bits per heavy atom. The lowest BCUT2D eigenvalue weighted by Crippen LogP contribution is -2.01. The highest BCUT2D eigenvalue weighted by molar-refractivity contribution is 5.70. The van der Waals surface area contributed by atoms with E-state index in [4.69, 9.17) is 11.5 Å². The van der Waals surface area contributed by atoms with Crippen LogP contribution < -0.4 is 11.5 Å². The van der Waals surface area contributed by atoms with Crippen molar-refractivity contribution in [3.8, 4) is 0 Å². The monoisotopic (exact) mass is 113 g/mol. The van der Waals surface area contributed by atoms with Crippen LogP contribution in [-0.4, -0.2) is 19.3 Å². The number of allylic oxidation sites excluding steroid dienone is 1. The summed E-state index contributed by atoms with van der Waals surface area (Å²) in [4.78, 5) is 3.86. The molecule has 0 heterocycles. The molecule has 0 radical (unpaired) electrons. The summed E-state index contributed by atoms with van der Waals surface area (Å²) in [6.45, 7) is 1.26. The molecule has 8 heavy (non-hydrogen) atoms. The molecule has 0 saturated carbocycles. The molecule has 0 aromatic heterocycles. The fourth-order valence-corrected chi connectivity index (χ4v) is 0.260. The summed E-state index contributed by atoms with van der Waals surface area (Å²) >= 11 is 0. The zero-order chi connectivity index (χ0) is 6.24. The first-order valence-corrected chi connectivity index (χ1v) is 2.48. The van der Waals surface area contributed by atoms with E-state index in [-0.39, 0.29) is 0 Å². The first-order chi connectivity index (χ1) is 3.91. The SMILES string of the molecule is NC=CC=NCCN. The second kappa shape index (κ2) is 6.17. The van der Waals surface area contributed by atoms with Crippen LogP contribution in [0.2, 0.25) is 0 Å². The van der Waals surface area contributed by atoms with Crippen LogP contribution in [0.5, 0.6) is 0 Å². The van der Waals surface area contributed by atoms with Gasteiger partial charge in [-0.25, -0.2) is 0 Å². The van der Waals surface area contributed by atoms with Crippen molar-refractivity contribution in [1.82, 2.24) is 0 Å². The molecule has 0 aromatic carbocycles. The fourth-order valence-electron chi connectivity index (χ4n) is 0.260. The number of nitrogens with two attached hydrogens (primary N) is 2. The molecule has 0 spiro atoms. The summed E-state index contributed by atoms with van der Waals surface area (Å²) in [6, 6.07) is 0. The molecule has 4 N–H and O–H groups in total. The summed E-state index contributed by atoms with van der Waals surface area (Å²) in [6.07, 6.45) is 4.72. The number of rotatable bonds is 3. The van der Waals surface area contributed by atoms with Crippen LogP contribution in [0.3, 0.4) is 0 Å².